The molecule has 164 valence electrons. The van der Waals surface area contributed by atoms with E-state index in [1.165, 1.54) is 0 Å². The number of nitrogen functional groups attached to an aromatic ring is 1. The van der Waals surface area contributed by atoms with Crippen LogP contribution in [0.5, 0.6) is 0 Å². The lowest BCUT2D eigenvalue weighted by Crippen LogP contribution is -2.42. The van der Waals surface area contributed by atoms with Crippen molar-refractivity contribution in [3.8, 4) is 11.1 Å². The number of nitrogens with zero attached hydrogens (tertiary/aromatic N) is 3. The van der Waals surface area contributed by atoms with Gasteiger partial charge in [0.05, 0.1) is 17.3 Å². The van der Waals surface area contributed by atoms with E-state index in [2.05, 4.69) is 17.0 Å². The molecule has 5 N–H and O–H groups in total. The highest BCUT2D eigenvalue weighted by molar-refractivity contribution is 5.99. The summed E-state index contributed by atoms with van der Waals surface area (Å²) in [6.07, 6.45) is 6.64. The van der Waals surface area contributed by atoms with Crippen LogP contribution in [0.15, 0.2) is 67.0 Å². The number of fused-ring (bicyclic) bond motifs is 1. The highest BCUT2D eigenvalue weighted by Gasteiger charge is 2.40. The monoisotopic (exact) mass is 429 g/mol. The maximum Gasteiger partial charge on any atom is 0.258 e. The van der Waals surface area contributed by atoms with Crippen LogP contribution < -0.4 is 11.5 Å². The van der Waals surface area contributed by atoms with Crippen molar-refractivity contribution in [2.45, 2.75) is 38.3 Å². The van der Waals surface area contributed by atoms with Gasteiger partial charge in [-0.05, 0) is 17.5 Å². The van der Waals surface area contributed by atoms with Gasteiger partial charge < -0.3 is 16.6 Å². The fourth-order valence-electron chi connectivity index (χ4n) is 4.08. The molecule has 0 saturated carbocycles. The molecule has 2 aromatic carbocycles. The number of rotatable bonds is 8. The Morgan fingerprint density at radius 1 is 1.03 bits per heavy atom. The lowest BCUT2D eigenvalue weighted by Gasteiger charge is -2.28. The smallest absolute Gasteiger partial charge is 0.258 e. The van der Waals surface area contributed by atoms with Gasteiger partial charge in [0.1, 0.15) is 0 Å². The second-order valence-corrected chi connectivity index (χ2v) is 7.88. The lowest BCUT2D eigenvalue weighted by molar-refractivity contribution is -0.133. The van der Waals surface area contributed by atoms with Crippen molar-refractivity contribution in [1.82, 2.24) is 14.8 Å². The number of aryl methyl sites for hydroxylation is 1. The van der Waals surface area contributed by atoms with Gasteiger partial charge in [-0.1, -0.05) is 74.4 Å². The number of anilines is 1. The maximum atomic E-state index is 12.5. The summed E-state index contributed by atoms with van der Waals surface area (Å²) in [5.41, 5.74) is 13.4. The average Bonchev–Trinajstić information content (AvgIpc) is 3.23. The van der Waals surface area contributed by atoms with Crippen molar-refractivity contribution in [1.29, 1.82) is 0 Å². The first-order valence-electron chi connectivity index (χ1n) is 10.8. The van der Waals surface area contributed by atoms with Crippen LogP contribution in [0, 0.1) is 0 Å². The molecule has 7 nitrogen and oxygen atoms in total. The number of pyridine rings is 1. The Morgan fingerprint density at radius 3 is 2.47 bits per heavy atom. The lowest BCUT2D eigenvalue weighted by atomic mass is 9.81. The predicted octanol–water partition coefficient (Wildman–Crippen LogP) is 3.59. The maximum absolute atomic E-state index is 12.5. The number of benzene rings is 2. The summed E-state index contributed by atoms with van der Waals surface area (Å²) in [6.45, 7) is 2.93. The largest absolute Gasteiger partial charge is 0.398 e. The zero-order chi connectivity index (χ0) is 22.7. The van der Waals surface area contributed by atoms with Crippen molar-refractivity contribution >= 4 is 22.6 Å². The number of primary amides is 1. The minimum Gasteiger partial charge on any atom is -0.398 e. The van der Waals surface area contributed by atoms with Crippen molar-refractivity contribution in [2.24, 2.45) is 5.73 Å². The van der Waals surface area contributed by atoms with E-state index in [1.807, 2.05) is 16.8 Å². The third-order valence-corrected chi connectivity index (χ3v) is 5.84. The van der Waals surface area contributed by atoms with E-state index in [-0.39, 0.29) is 0 Å². The number of hydrogen-bond acceptors (Lipinski definition) is 5. The van der Waals surface area contributed by atoms with Crippen LogP contribution in [0.3, 0.4) is 0 Å². The number of nitrogens with two attached hydrogens (primary N) is 2. The second kappa shape index (κ2) is 8.80. The van der Waals surface area contributed by atoms with E-state index in [1.54, 1.807) is 54.9 Å². The molecule has 0 aliphatic carbocycles. The van der Waals surface area contributed by atoms with E-state index in [9.17, 15) is 9.90 Å². The van der Waals surface area contributed by atoms with E-state index >= 15 is 0 Å². The molecule has 1 amide bonds. The Morgan fingerprint density at radius 2 is 1.75 bits per heavy atom. The molecule has 0 saturated heterocycles. The third-order valence-electron chi connectivity index (χ3n) is 5.84. The Kier molecular flexibility index (Phi) is 5.92. The summed E-state index contributed by atoms with van der Waals surface area (Å²) < 4.78 is 1.86. The standard InChI is InChI=1S/C25H27N5O2/c1-2-3-9-14-30-23-20(16-29-30)22(26)19(15-28-23)18-12-7-8-13-21(18)25(32,24(27)31)17-10-5-4-6-11-17/h4-8,10-13,15-16,32H,2-3,9,14H2,1H3,(H2,26,28)(H2,27,31). The van der Waals surface area contributed by atoms with E-state index < -0.39 is 11.5 Å². The van der Waals surface area contributed by atoms with Crippen molar-refractivity contribution in [2.75, 3.05) is 5.73 Å². The molecule has 32 heavy (non-hydrogen) atoms. The molecular formula is C25H27N5O2. The van der Waals surface area contributed by atoms with Crippen LogP contribution in [0.25, 0.3) is 22.2 Å². The summed E-state index contributed by atoms with van der Waals surface area (Å²) in [7, 11) is 0. The number of carbonyl (C=O) groups excluding carboxylic acids is 1. The Balaban J connectivity index is 1.86. The highest BCUT2D eigenvalue weighted by Crippen LogP contribution is 2.39. The van der Waals surface area contributed by atoms with Crippen molar-refractivity contribution in [3.63, 3.8) is 0 Å². The molecule has 0 radical (unpaired) electrons. The van der Waals surface area contributed by atoms with Gasteiger partial charge in [-0.3, -0.25) is 4.79 Å². The topological polar surface area (TPSA) is 120 Å². The molecular weight excluding hydrogens is 402 g/mol. The molecule has 0 aliphatic rings. The molecule has 1 unspecified atom stereocenters. The molecule has 7 heteroatoms. The minimum atomic E-state index is -2.02. The first-order valence-corrected chi connectivity index (χ1v) is 10.8. The molecule has 2 aromatic heterocycles. The van der Waals surface area contributed by atoms with Crippen LogP contribution in [0.2, 0.25) is 0 Å². The Hall–Kier alpha value is -3.71. The van der Waals surface area contributed by atoms with Gasteiger partial charge in [0.2, 0.25) is 0 Å². The summed E-state index contributed by atoms with van der Waals surface area (Å²) >= 11 is 0. The number of aromatic nitrogens is 3. The zero-order valence-corrected chi connectivity index (χ0v) is 18.0. The van der Waals surface area contributed by atoms with Crippen LogP contribution in [0.1, 0.15) is 37.3 Å². The Labute approximate surface area is 186 Å². The van der Waals surface area contributed by atoms with Gasteiger partial charge in [0, 0.05) is 23.9 Å². The molecule has 1 atom stereocenters. The summed E-state index contributed by atoms with van der Waals surface area (Å²) in [4.78, 5) is 17.2. The van der Waals surface area contributed by atoms with Crippen LogP contribution in [-0.2, 0) is 16.9 Å². The second-order valence-electron chi connectivity index (χ2n) is 7.88. The quantitative estimate of drug-likeness (QED) is 0.370. The normalized spacial score (nSPS) is 13.2. The summed E-state index contributed by atoms with van der Waals surface area (Å²) in [5, 5.41) is 16.7. The van der Waals surface area contributed by atoms with Crippen LogP contribution in [-0.4, -0.2) is 25.8 Å². The number of carbonyl (C=O) groups is 1. The first kappa shape index (κ1) is 21.5. The number of amides is 1. The van der Waals surface area contributed by atoms with Crippen LogP contribution >= 0.6 is 0 Å². The SMILES string of the molecule is CCCCCn1ncc2c(N)c(-c3ccccc3C(O)(C(N)=O)c3ccccc3)cnc21. The molecule has 2 heterocycles. The first-order chi connectivity index (χ1) is 15.5. The molecule has 0 bridgehead atoms. The van der Waals surface area contributed by atoms with Gasteiger partial charge in [-0.15, -0.1) is 0 Å². The van der Waals surface area contributed by atoms with E-state index in [0.29, 0.717) is 33.6 Å². The number of hydrogen-bond donors (Lipinski definition) is 3. The van der Waals surface area contributed by atoms with Gasteiger partial charge in [-0.2, -0.15) is 5.10 Å². The van der Waals surface area contributed by atoms with Gasteiger partial charge >= 0.3 is 0 Å². The predicted molar refractivity (Wildman–Crippen MR) is 126 cm³/mol. The summed E-state index contributed by atoms with van der Waals surface area (Å²) in [6, 6.07) is 15.7. The van der Waals surface area contributed by atoms with Gasteiger partial charge in [0.15, 0.2) is 11.2 Å². The van der Waals surface area contributed by atoms with E-state index in [0.717, 1.165) is 31.2 Å². The van der Waals surface area contributed by atoms with Gasteiger partial charge in [0.25, 0.3) is 5.91 Å². The molecule has 0 spiro atoms. The molecule has 4 aromatic rings. The molecule has 4 rings (SSSR count). The average molecular weight is 430 g/mol. The molecule has 0 aliphatic heterocycles. The van der Waals surface area contributed by atoms with Gasteiger partial charge in [-0.25, -0.2) is 9.67 Å². The third kappa shape index (κ3) is 3.61. The van der Waals surface area contributed by atoms with E-state index in [4.69, 9.17) is 11.5 Å². The number of unbranched alkanes of at least 4 members (excludes halogenated alkanes) is 2. The van der Waals surface area contributed by atoms with Crippen LogP contribution in [0.4, 0.5) is 5.69 Å². The molecule has 0 fully saturated rings. The zero-order valence-electron chi connectivity index (χ0n) is 18.0. The minimum absolute atomic E-state index is 0.349. The fraction of sp³-hybridized carbons (Fsp3) is 0.240. The fourth-order valence-corrected chi connectivity index (χ4v) is 4.08. The van der Waals surface area contributed by atoms with Crippen molar-refractivity contribution in [3.05, 3.63) is 78.1 Å². The Bertz CT molecular complexity index is 1250. The number of aliphatic hydroxyl groups is 1. The highest BCUT2D eigenvalue weighted by atomic mass is 16.3. The van der Waals surface area contributed by atoms with Crippen molar-refractivity contribution < 1.29 is 9.90 Å². The summed E-state index contributed by atoms with van der Waals surface area (Å²) in [5.74, 6) is -0.868.